The summed E-state index contributed by atoms with van der Waals surface area (Å²) in [6.45, 7) is 1.98. The van der Waals surface area contributed by atoms with E-state index in [9.17, 15) is 9.59 Å². The van der Waals surface area contributed by atoms with Gasteiger partial charge < -0.3 is 9.15 Å². The summed E-state index contributed by atoms with van der Waals surface area (Å²) in [5.41, 5.74) is 6.00. The third-order valence-electron chi connectivity index (χ3n) is 4.18. The topological polar surface area (TPSA) is 80.9 Å². The summed E-state index contributed by atoms with van der Waals surface area (Å²) >= 11 is 0. The van der Waals surface area contributed by atoms with Crippen molar-refractivity contribution in [2.24, 2.45) is 5.10 Å². The Bertz CT molecular complexity index is 1050. The Kier molecular flexibility index (Phi) is 6.37. The molecule has 0 amide bonds. The minimum absolute atomic E-state index is 0.101. The second kappa shape index (κ2) is 9.32. The minimum Gasteiger partial charge on any atom is -0.464 e. The van der Waals surface area contributed by atoms with Gasteiger partial charge in [-0.15, -0.1) is 0 Å². The lowest BCUT2D eigenvalue weighted by Crippen LogP contribution is -2.21. The molecular weight excluding hydrogens is 368 g/mol. The van der Waals surface area contributed by atoms with Crippen molar-refractivity contribution in [1.82, 2.24) is 5.43 Å². The van der Waals surface area contributed by atoms with Crippen LogP contribution in [-0.2, 0) is 9.53 Å². The number of rotatable bonds is 7. The number of hydrogen-bond acceptors (Lipinski definition) is 6. The molecule has 3 rings (SSSR count). The van der Waals surface area contributed by atoms with Crippen LogP contribution < -0.4 is 5.43 Å². The molecule has 0 aliphatic heterocycles. The van der Waals surface area contributed by atoms with Gasteiger partial charge in [-0.25, -0.2) is 4.79 Å². The molecule has 0 saturated heterocycles. The third kappa shape index (κ3) is 4.87. The van der Waals surface area contributed by atoms with Crippen molar-refractivity contribution in [3.05, 3.63) is 107 Å². The van der Waals surface area contributed by atoms with Crippen LogP contribution in [-0.4, -0.2) is 24.6 Å². The number of carbonyl (C=O) groups excluding carboxylic acids is 2. The zero-order valence-corrected chi connectivity index (χ0v) is 16.1. The maximum atomic E-state index is 12.3. The molecule has 0 fully saturated rings. The highest BCUT2D eigenvalue weighted by molar-refractivity contribution is 6.14. The van der Waals surface area contributed by atoms with Gasteiger partial charge in [0, 0.05) is 17.2 Å². The largest absolute Gasteiger partial charge is 0.464 e. The van der Waals surface area contributed by atoms with E-state index in [1.807, 2.05) is 61.5 Å². The zero-order chi connectivity index (χ0) is 20.6. The first-order valence-corrected chi connectivity index (χ1v) is 8.93. The number of hydrogen-bond donors (Lipinski definition) is 1. The average molecular weight is 388 g/mol. The van der Waals surface area contributed by atoms with Crippen molar-refractivity contribution in [3.8, 4) is 0 Å². The molecule has 0 atom stereocenters. The lowest BCUT2D eigenvalue weighted by atomic mass is 9.98. The molecule has 3 aromatic rings. The van der Waals surface area contributed by atoms with Gasteiger partial charge in [0.2, 0.25) is 5.78 Å². The Hall–Kier alpha value is -3.93. The number of esters is 1. The Morgan fingerprint density at radius 1 is 1.00 bits per heavy atom. The first kappa shape index (κ1) is 19.8. The molecule has 0 aliphatic carbocycles. The quantitative estimate of drug-likeness (QED) is 0.218. The molecule has 0 spiro atoms. The highest BCUT2D eigenvalue weighted by atomic mass is 16.5. The summed E-state index contributed by atoms with van der Waals surface area (Å²) in [4.78, 5) is 24.5. The van der Waals surface area contributed by atoms with Crippen molar-refractivity contribution in [1.29, 1.82) is 0 Å². The van der Waals surface area contributed by atoms with Gasteiger partial charge in [0.05, 0.1) is 19.1 Å². The maximum Gasteiger partial charge on any atom is 0.356 e. The van der Waals surface area contributed by atoms with Crippen LogP contribution in [0, 0.1) is 6.92 Å². The number of methoxy groups -OCH3 is 1. The molecule has 0 radical (unpaired) electrons. The predicted molar refractivity (Wildman–Crippen MR) is 110 cm³/mol. The number of allylic oxidation sites excluding steroid dienone is 1. The van der Waals surface area contributed by atoms with Gasteiger partial charge in [-0.05, 0) is 24.6 Å². The van der Waals surface area contributed by atoms with Crippen LogP contribution in [0.3, 0.4) is 0 Å². The molecular formula is C23H20N2O4. The number of aryl methyl sites for hydroxylation is 1. The van der Waals surface area contributed by atoms with E-state index >= 15 is 0 Å². The number of nitrogens with zero attached hydrogens (tertiary/aromatic N) is 1. The first-order valence-electron chi connectivity index (χ1n) is 8.93. The number of hydrazone groups is 1. The molecule has 1 aromatic heterocycles. The van der Waals surface area contributed by atoms with Crippen molar-refractivity contribution in [2.45, 2.75) is 6.92 Å². The van der Waals surface area contributed by atoms with E-state index < -0.39 is 11.8 Å². The molecule has 0 aliphatic rings. The standard InChI is InChI=1S/C23H20N2O4/c1-16-9-6-7-12-18(16)22(17-10-4-3-5-11-17)25-24-19(23(27)28-2)15-20(26)21-13-8-14-29-21/h3-15,24H,1-2H3/b19-15-,25-22+. The molecule has 29 heavy (non-hydrogen) atoms. The van der Waals surface area contributed by atoms with Gasteiger partial charge >= 0.3 is 5.97 Å². The van der Waals surface area contributed by atoms with Crippen molar-refractivity contribution < 1.29 is 18.7 Å². The van der Waals surface area contributed by atoms with Crippen LogP contribution in [0.25, 0.3) is 0 Å². The summed E-state index contributed by atoms with van der Waals surface area (Å²) in [5.74, 6) is -1.08. The Morgan fingerprint density at radius 3 is 2.38 bits per heavy atom. The summed E-state index contributed by atoms with van der Waals surface area (Å²) < 4.78 is 9.86. The maximum absolute atomic E-state index is 12.3. The summed E-state index contributed by atoms with van der Waals surface area (Å²) in [6.07, 6.45) is 2.49. The van der Waals surface area contributed by atoms with Gasteiger partial charge in [0.1, 0.15) is 5.70 Å². The Morgan fingerprint density at radius 2 is 1.72 bits per heavy atom. The van der Waals surface area contributed by atoms with Gasteiger partial charge in [-0.3, -0.25) is 10.2 Å². The lowest BCUT2D eigenvalue weighted by Gasteiger charge is -2.11. The summed E-state index contributed by atoms with van der Waals surface area (Å²) in [7, 11) is 1.23. The highest BCUT2D eigenvalue weighted by Crippen LogP contribution is 2.15. The number of ketones is 1. The molecule has 0 bridgehead atoms. The normalized spacial score (nSPS) is 11.8. The number of carbonyl (C=O) groups is 2. The van der Waals surface area contributed by atoms with E-state index in [1.165, 1.54) is 19.4 Å². The molecule has 146 valence electrons. The van der Waals surface area contributed by atoms with Gasteiger partial charge in [0.25, 0.3) is 0 Å². The van der Waals surface area contributed by atoms with Gasteiger partial charge in [-0.1, -0.05) is 54.6 Å². The van der Waals surface area contributed by atoms with Crippen LogP contribution in [0.4, 0.5) is 0 Å². The van der Waals surface area contributed by atoms with Crippen LogP contribution in [0.5, 0.6) is 0 Å². The molecule has 1 N–H and O–H groups in total. The second-order valence-corrected chi connectivity index (χ2v) is 6.14. The van der Waals surface area contributed by atoms with E-state index in [0.29, 0.717) is 5.71 Å². The smallest absolute Gasteiger partial charge is 0.356 e. The number of benzene rings is 2. The zero-order valence-electron chi connectivity index (χ0n) is 16.1. The SMILES string of the molecule is COC(=O)/C(=C/C(=O)c1ccco1)N/N=C(\c1ccccc1)c1ccccc1C. The van der Waals surface area contributed by atoms with Gasteiger partial charge in [0.15, 0.2) is 5.76 Å². The highest BCUT2D eigenvalue weighted by Gasteiger charge is 2.16. The van der Waals surface area contributed by atoms with Crippen molar-refractivity contribution in [2.75, 3.05) is 7.11 Å². The molecule has 0 unspecified atom stereocenters. The molecule has 1 heterocycles. The van der Waals surface area contributed by atoms with Crippen LogP contribution >= 0.6 is 0 Å². The number of furan rings is 1. The summed E-state index contributed by atoms with van der Waals surface area (Å²) in [5, 5.41) is 4.44. The fourth-order valence-electron chi connectivity index (χ4n) is 2.70. The monoisotopic (exact) mass is 388 g/mol. The number of nitrogens with one attached hydrogen (secondary N) is 1. The predicted octanol–water partition coefficient (Wildman–Crippen LogP) is 3.87. The van der Waals surface area contributed by atoms with E-state index in [4.69, 9.17) is 9.15 Å². The fourth-order valence-corrected chi connectivity index (χ4v) is 2.70. The molecule has 6 heteroatoms. The fraction of sp³-hybridized carbons (Fsp3) is 0.0870. The lowest BCUT2D eigenvalue weighted by molar-refractivity contribution is -0.136. The Balaban J connectivity index is 2.00. The first-order chi connectivity index (χ1) is 14.1. The second-order valence-electron chi connectivity index (χ2n) is 6.14. The molecule has 0 saturated carbocycles. The van der Waals surface area contributed by atoms with Crippen LogP contribution in [0.2, 0.25) is 0 Å². The van der Waals surface area contributed by atoms with Crippen molar-refractivity contribution in [3.63, 3.8) is 0 Å². The minimum atomic E-state index is -0.717. The third-order valence-corrected chi connectivity index (χ3v) is 4.18. The Labute approximate surface area is 168 Å². The van der Waals surface area contributed by atoms with Crippen LogP contribution in [0.1, 0.15) is 27.2 Å². The van der Waals surface area contributed by atoms with E-state index in [0.717, 1.165) is 22.8 Å². The number of ether oxygens (including phenoxy) is 1. The molecule has 2 aromatic carbocycles. The van der Waals surface area contributed by atoms with E-state index in [1.54, 1.807) is 6.07 Å². The summed E-state index contributed by atoms with van der Waals surface area (Å²) in [6, 6.07) is 20.4. The van der Waals surface area contributed by atoms with Gasteiger partial charge in [-0.2, -0.15) is 5.10 Å². The van der Waals surface area contributed by atoms with Crippen molar-refractivity contribution >= 4 is 17.5 Å². The van der Waals surface area contributed by atoms with Crippen LogP contribution in [0.15, 0.2) is 94.3 Å². The van der Waals surface area contributed by atoms with E-state index in [2.05, 4.69) is 10.5 Å². The van der Waals surface area contributed by atoms with E-state index in [-0.39, 0.29) is 11.5 Å². The molecule has 6 nitrogen and oxygen atoms in total. The average Bonchev–Trinajstić information content (AvgIpc) is 3.29.